The monoisotopic (exact) mass is 414 g/mol. The minimum atomic E-state index is -0.900. The third-order valence-corrected chi connectivity index (χ3v) is 9.89. The first-order valence-corrected chi connectivity index (χ1v) is 12.5. The fourth-order valence-corrected chi connectivity index (χ4v) is 8.42. The van der Waals surface area contributed by atoms with Gasteiger partial charge in [-0.1, -0.05) is 46.1 Å². The van der Waals surface area contributed by atoms with E-state index in [2.05, 4.69) is 27.7 Å². The lowest BCUT2D eigenvalue weighted by molar-refractivity contribution is -0.139. The van der Waals surface area contributed by atoms with Crippen LogP contribution in [0.15, 0.2) is 11.6 Å². The third kappa shape index (κ3) is 3.44. The van der Waals surface area contributed by atoms with E-state index in [9.17, 15) is 14.7 Å². The van der Waals surface area contributed by atoms with Crippen molar-refractivity contribution in [2.75, 3.05) is 0 Å². The summed E-state index contributed by atoms with van der Waals surface area (Å²) in [5.74, 6) is 2.55. The van der Waals surface area contributed by atoms with Crippen LogP contribution in [-0.2, 0) is 9.59 Å². The molecule has 3 heteroatoms. The molecule has 30 heavy (non-hydrogen) atoms. The van der Waals surface area contributed by atoms with Crippen LogP contribution in [0.4, 0.5) is 0 Å². The van der Waals surface area contributed by atoms with Gasteiger partial charge in [-0.25, -0.2) is 0 Å². The van der Waals surface area contributed by atoms with Gasteiger partial charge in [0, 0.05) is 12.8 Å². The molecular weight excluding hydrogens is 372 g/mol. The molecule has 0 spiro atoms. The Morgan fingerprint density at radius 1 is 1.13 bits per heavy atom. The lowest BCUT2D eigenvalue weighted by Gasteiger charge is -2.58. The number of hydrogen-bond acceptors (Lipinski definition) is 3. The molecule has 168 valence electrons. The maximum absolute atomic E-state index is 13.4. The zero-order valence-corrected chi connectivity index (χ0v) is 19.8. The summed E-state index contributed by atoms with van der Waals surface area (Å²) in [7, 11) is 0. The summed E-state index contributed by atoms with van der Waals surface area (Å²) in [6, 6.07) is 0. The van der Waals surface area contributed by atoms with Gasteiger partial charge in [0.1, 0.15) is 5.78 Å². The Kier molecular flexibility index (Phi) is 5.61. The first kappa shape index (κ1) is 22.2. The summed E-state index contributed by atoms with van der Waals surface area (Å²) in [4.78, 5) is 25.4. The van der Waals surface area contributed by atoms with Crippen LogP contribution in [0.1, 0.15) is 98.8 Å². The molecule has 0 heterocycles. The second-order valence-electron chi connectivity index (χ2n) is 12.3. The Morgan fingerprint density at radius 3 is 2.57 bits per heavy atom. The molecule has 7 atom stereocenters. The highest BCUT2D eigenvalue weighted by atomic mass is 16.3. The third-order valence-electron chi connectivity index (χ3n) is 9.89. The number of Topliss-reactive ketones (excluding diaryl/α,β-unsaturated/α-hetero) is 1. The minimum Gasteiger partial charge on any atom is -0.389 e. The number of allylic oxidation sites excluding steroid dienone is 1. The molecule has 0 saturated heterocycles. The second kappa shape index (κ2) is 7.57. The standard InChI is InChI=1S/C27H42O3/c1-17(2)7-6-12-27(5,30)24-23(29)16-22-20-9-8-18-15-19(28)10-13-25(18,3)21(20)11-14-26(22,24)4/h15,17,20-22,24,30H,6-14,16H2,1-5H3/t20?,21?,22?,24-,25-,26-,27?/m0/s1. The number of carbonyl (C=O) groups excluding carboxylic acids is 2. The highest BCUT2D eigenvalue weighted by molar-refractivity contribution is 5.91. The van der Waals surface area contributed by atoms with E-state index in [1.807, 2.05) is 13.0 Å². The van der Waals surface area contributed by atoms with Crippen LogP contribution in [0.2, 0.25) is 0 Å². The van der Waals surface area contributed by atoms with E-state index in [-0.39, 0.29) is 16.7 Å². The summed E-state index contributed by atoms with van der Waals surface area (Å²) in [6.45, 7) is 11.1. The normalized spacial score (nSPS) is 43.0. The van der Waals surface area contributed by atoms with Gasteiger partial charge in [-0.05, 0) is 86.0 Å². The smallest absolute Gasteiger partial charge is 0.155 e. The van der Waals surface area contributed by atoms with E-state index in [4.69, 9.17) is 0 Å². The molecule has 3 fully saturated rings. The Morgan fingerprint density at radius 2 is 1.87 bits per heavy atom. The van der Waals surface area contributed by atoms with Crippen LogP contribution in [0.3, 0.4) is 0 Å². The van der Waals surface area contributed by atoms with Crippen LogP contribution in [0.25, 0.3) is 0 Å². The van der Waals surface area contributed by atoms with Crippen molar-refractivity contribution in [3.8, 4) is 0 Å². The first-order chi connectivity index (χ1) is 14.0. The molecule has 0 aliphatic heterocycles. The molecule has 0 bridgehead atoms. The maximum atomic E-state index is 13.4. The predicted octanol–water partition coefficient (Wildman–Crippen LogP) is 5.89. The van der Waals surface area contributed by atoms with Crippen molar-refractivity contribution in [1.82, 2.24) is 0 Å². The minimum absolute atomic E-state index is 0.0817. The van der Waals surface area contributed by atoms with Gasteiger partial charge in [-0.3, -0.25) is 9.59 Å². The van der Waals surface area contributed by atoms with Crippen LogP contribution in [0, 0.1) is 40.4 Å². The average Bonchev–Trinajstić information content (AvgIpc) is 2.92. The van der Waals surface area contributed by atoms with E-state index < -0.39 is 5.60 Å². The van der Waals surface area contributed by atoms with Crippen molar-refractivity contribution in [2.45, 2.75) is 104 Å². The lowest BCUT2D eigenvalue weighted by Crippen LogP contribution is -2.53. The SMILES string of the molecule is CC(C)CCCC(C)(O)[C@H]1C(=O)CC2C3CCC4=CC(=O)CC[C@]4(C)C3CC[C@@]21C. The Balaban J connectivity index is 1.58. The molecule has 0 aromatic rings. The van der Waals surface area contributed by atoms with Crippen LogP contribution in [-0.4, -0.2) is 22.3 Å². The van der Waals surface area contributed by atoms with Gasteiger partial charge in [-0.15, -0.1) is 0 Å². The number of carbonyl (C=O) groups is 2. The molecule has 0 amide bonds. The van der Waals surface area contributed by atoms with Crippen molar-refractivity contribution < 1.29 is 14.7 Å². The molecule has 4 unspecified atom stereocenters. The van der Waals surface area contributed by atoms with Gasteiger partial charge in [0.15, 0.2) is 5.78 Å². The van der Waals surface area contributed by atoms with Gasteiger partial charge in [0.25, 0.3) is 0 Å². The number of rotatable bonds is 5. The predicted molar refractivity (Wildman–Crippen MR) is 120 cm³/mol. The lowest BCUT2D eigenvalue weighted by atomic mass is 9.46. The maximum Gasteiger partial charge on any atom is 0.155 e. The molecule has 0 aromatic heterocycles. The zero-order valence-electron chi connectivity index (χ0n) is 19.8. The molecule has 3 saturated carbocycles. The summed E-state index contributed by atoms with van der Waals surface area (Å²) in [5, 5.41) is 11.5. The first-order valence-electron chi connectivity index (χ1n) is 12.5. The molecule has 0 radical (unpaired) electrons. The molecule has 4 aliphatic carbocycles. The van der Waals surface area contributed by atoms with Gasteiger partial charge < -0.3 is 5.11 Å². The summed E-state index contributed by atoms with van der Waals surface area (Å²) >= 11 is 0. The molecule has 4 aliphatic rings. The second-order valence-corrected chi connectivity index (χ2v) is 12.3. The molecule has 3 nitrogen and oxygen atoms in total. The topological polar surface area (TPSA) is 54.4 Å². The van der Waals surface area contributed by atoms with Crippen LogP contribution in [0.5, 0.6) is 0 Å². The summed E-state index contributed by atoms with van der Waals surface area (Å²) < 4.78 is 0. The van der Waals surface area contributed by atoms with E-state index in [1.165, 1.54) is 5.57 Å². The van der Waals surface area contributed by atoms with Crippen LogP contribution >= 0.6 is 0 Å². The van der Waals surface area contributed by atoms with E-state index in [0.717, 1.165) is 51.4 Å². The molecular formula is C27H42O3. The molecule has 0 aromatic carbocycles. The molecule has 4 rings (SSSR count). The number of fused-ring (bicyclic) bond motifs is 5. The van der Waals surface area contributed by atoms with Gasteiger partial charge >= 0.3 is 0 Å². The Labute approximate surface area is 183 Å². The number of ketones is 2. The number of hydrogen-bond donors (Lipinski definition) is 1. The number of aliphatic hydroxyl groups is 1. The highest BCUT2D eigenvalue weighted by Gasteiger charge is 2.64. The zero-order chi connectivity index (χ0) is 21.9. The average molecular weight is 415 g/mol. The fourth-order valence-electron chi connectivity index (χ4n) is 8.42. The summed E-state index contributed by atoms with van der Waals surface area (Å²) in [5.41, 5.74) is 0.536. The van der Waals surface area contributed by atoms with Crippen LogP contribution < -0.4 is 0 Å². The Hall–Kier alpha value is -0.960. The van der Waals surface area contributed by atoms with Crippen molar-refractivity contribution in [3.63, 3.8) is 0 Å². The van der Waals surface area contributed by atoms with E-state index in [1.54, 1.807) is 0 Å². The van der Waals surface area contributed by atoms with Gasteiger partial charge in [-0.2, -0.15) is 0 Å². The largest absolute Gasteiger partial charge is 0.389 e. The van der Waals surface area contributed by atoms with Gasteiger partial charge in [0.05, 0.1) is 11.5 Å². The van der Waals surface area contributed by atoms with Gasteiger partial charge in [0.2, 0.25) is 0 Å². The van der Waals surface area contributed by atoms with E-state index >= 15 is 0 Å². The van der Waals surface area contributed by atoms with E-state index in [0.29, 0.717) is 48.1 Å². The van der Waals surface area contributed by atoms with Crippen molar-refractivity contribution in [3.05, 3.63) is 11.6 Å². The van der Waals surface area contributed by atoms with Crippen molar-refractivity contribution in [2.24, 2.45) is 40.4 Å². The van der Waals surface area contributed by atoms with Crippen molar-refractivity contribution >= 4 is 11.6 Å². The highest BCUT2D eigenvalue weighted by Crippen LogP contribution is 2.67. The Bertz CT molecular complexity index is 747. The van der Waals surface area contributed by atoms with Crippen molar-refractivity contribution in [1.29, 1.82) is 0 Å². The quantitative estimate of drug-likeness (QED) is 0.610. The fraction of sp³-hybridized carbons (Fsp3) is 0.852. The molecule has 1 N–H and O–H groups in total. The summed E-state index contributed by atoms with van der Waals surface area (Å²) in [6.07, 6.45) is 11.4.